The zero-order chi connectivity index (χ0) is 44.8. The molecule has 3 aliphatic rings. The molecule has 59 heavy (non-hydrogen) atoms. The summed E-state index contributed by atoms with van der Waals surface area (Å²) in [5.74, 6) is -2.39. The lowest BCUT2D eigenvalue weighted by atomic mass is 9.75. The van der Waals surface area contributed by atoms with Gasteiger partial charge in [-0.15, -0.1) is 0 Å². The number of carbonyl (C=O) groups is 1. The van der Waals surface area contributed by atoms with E-state index in [0.29, 0.717) is 32.4 Å². The Hall–Kier alpha value is -1.05. The average molecular weight is 848 g/mol. The van der Waals surface area contributed by atoms with Crippen LogP contribution in [0.2, 0.25) is 0 Å². The van der Waals surface area contributed by atoms with Gasteiger partial charge in [-0.3, -0.25) is 4.79 Å². The van der Waals surface area contributed by atoms with Crippen LogP contribution in [0.15, 0.2) is 0 Å². The predicted molar refractivity (Wildman–Crippen MR) is 225 cm³/mol. The van der Waals surface area contributed by atoms with Gasteiger partial charge < -0.3 is 69.5 Å². The molecule has 0 aromatic rings. The lowest BCUT2D eigenvalue weighted by Crippen LogP contribution is -2.70. The van der Waals surface area contributed by atoms with Gasteiger partial charge in [0.2, 0.25) is 0 Å². The highest BCUT2D eigenvalue weighted by atomic mass is 16.7. The number of nitrogens with zero attached hydrogens (tertiary/aromatic N) is 1. The number of hydrogen-bond donors (Lipinski definition) is 7. The largest absolute Gasteiger partial charge is 0.457 e. The topological polar surface area (TPSA) is 201 Å². The molecular weight excluding hydrogens is 762 g/mol. The molecule has 348 valence electrons. The number of nitrogens with one attached hydrogen (secondary N) is 2. The first kappa shape index (κ1) is 52.3. The summed E-state index contributed by atoms with van der Waals surface area (Å²) < 4.78 is 38.7. The van der Waals surface area contributed by atoms with E-state index in [-0.39, 0.29) is 43.4 Å². The van der Waals surface area contributed by atoms with Gasteiger partial charge in [-0.2, -0.15) is 0 Å². The van der Waals surface area contributed by atoms with Gasteiger partial charge in [0.1, 0.15) is 29.0 Å². The Morgan fingerprint density at radius 1 is 1.03 bits per heavy atom. The molecule has 0 radical (unpaired) electrons. The Morgan fingerprint density at radius 2 is 1.68 bits per heavy atom. The quantitative estimate of drug-likeness (QED) is 0.0937. The number of rotatable bonds is 15. The van der Waals surface area contributed by atoms with Crippen LogP contribution < -0.4 is 10.6 Å². The highest BCUT2D eigenvalue weighted by Crippen LogP contribution is 2.43. The van der Waals surface area contributed by atoms with Gasteiger partial charge in [0.25, 0.3) is 0 Å². The number of aliphatic hydroxyl groups excluding tert-OH is 2. The van der Waals surface area contributed by atoms with Crippen molar-refractivity contribution < 1.29 is 58.7 Å². The Labute approximate surface area is 355 Å². The number of likely N-dealkylation sites (N-methyl/N-ethyl adjacent to an activating group) is 1. The number of hydrogen-bond acceptors (Lipinski definition) is 15. The fourth-order valence-corrected chi connectivity index (χ4v) is 9.58. The molecule has 0 amide bonds. The monoisotopic (exact) mass is 848 g/mol. The van der Waals surface area contributed by atoms with Gasteiger partial charge in [-0.1, -0.05) is 34.6 Å². The predicted octanol–water partition coefficient (Wildman–Crippen LogP) is 2.95. The van der Waals surface area contributed by atoms with E-state index >= 15 is 0 Å². The zero-order valence-corrected chi connectivity index (χ0v) is 39.1. The van der Waals surface area contributed by atoms with E-state index in [2.05, 4.69) is 10.6 Å². The van der Waals surface area contributed by atoms with E-state index in [1.807, 2.05) is 74.4 Å². The van der Waals surface area contributed by atoms with Crippen LogP contribution in [0, 0.1) is 23.7 Å². The number of methoxy groups -OCH3 is 1. The lowest BCUT2D eigenvalue weighted by molar-refractivity contribution is -0.336. The van der Waals surface area contributed by atoms with Crippen molar-refractivity contribution in [3.63, 3.8) is 0 Å². The van der Waals surface area contributed by atoms with Crippen LogP contribution in [-0.4, -0.2) is 167 Å². The van der Waals surface area contributed by atoms with Crippen molar-refractivity contribution in [2.75, 3.05) is 40.8 Å². The third-order valence-electron chi connectivity index (χ3n) is 13.6. The van der Waals surface area contributed by atoms with Crippen molar-refractivity contribution in [1.29, 1.82) is 0 Å². The second-order valence-electron chi connectivity index (χ2n) is 19.8. The maximum absolute atomic E-state index is 14.6. The fraction of sp³-hybridized carbons (Fsp3) is 0.977. The highest BCUT2D eigenvalue weighted by Gasteiger charge is 2.58. The molecule has 0 unspecified atom stereocenters. The first-order valence-corrected chi connectivity index (χ1v) is 22.3. The van der Waals surface area contributed by atoms with E-state index in [0.717, 1.165) is 6.42 Å². The summed E-state index contributed by atoms with van der Waals surface area (Å²) in [4.78, 5) is 16.6. The smallest absolute Gasteiger partial charge is 0.311 e. The molecule has 15 nitrogen and oxygen atoms in total. The number of aliphatic hydroxyl groups is 5. The van der Waals surface area contributed by atoms with Gasteiger partial charge in [0.15, 0.2) is 12.6 Å². The summed E-state index contributed by atoms with van der Waals surface area (Å²) in [5.41, 5.74) is -5.95. The molecule has 0 spiro atoms. The van der Waals surface area contributed by atoms with Crippen molar-refractivity contribution in [3.05, 3.63) is 0 Å². The van der Waals surface area contributed by atoms with Gasteiger partial charge >= 0.3 is 5.97 Å². The molecule has 0 saturated carbocycles. The maximum Gasteiger partial charge on any atom is 0.311 e. The number of esters is 1. The molecule has 18 atom stereocenters. The van der Waals surface area contributed by atoms with Crippen LogP contribution in [0.25, 0.3) is 0 Å². The molecule has 7 N–H and O–H groups in total. The van der Waals surface area contributed by atoms with E-state index in [4.69, 9.17) is 28.4 Å². The van der Waals surface area contributed by atoms with E-state index in [1.165, 1.54) is 14.0 Å². The third-order valence-corrected chi connectivity index (χ3v) is 13.6. The summed E-state index contributed by atoms with van der Waals surface area (Å²) in [6.07, 6.45) is -5.90. The summed E-state index contributed by atoms with van der Waals surface area (Å²) in [6, 6.07) is -0.884. The molecule has 3 rings (SSSR count). The normalized spacial score (nSPS) is 43.6. The lowest BCUT2D eigenvalue weighted by Gasteiger charge is -2.53. The van der Waals surface area contributed by atoms with Crippen molar-refractivity contribution in [1.82, 2.24) is 15.5 Å². The number of carbonyl (C=O) groups excluding carboxylic acids is 1. The minimum atomic E-state index is -1.83. The average Bonchev–Trinajstić information content (AvgIpc) is 3.15. The SMILES string of the molecule is CCCNC[C@]1(O)[C@H](C)O[C@@H](O[C@H]2[C@H](C)[C@@H](O[C@@H]3O[C@H](C)C[C@H](N(C)C)[C@H]3O)[C@](C)(O)C[C@@H](C)CN[C@@H](C)[C@@H]([C@](C)(O)[C@H](O)CCC(C)C)OC(=O)[C@@H]2C)C[C@@]1(C)OC. The maximum atomic E-state index is 14.6. The van der Waals surface area contributed by atoms with Crippen LogP contribution in [0.1, 0.15) is 122 Å². The Balaban J connectivity index is 2.16. The fourth-order valence-electron chi connectivity index (χ4n) is 9.58. The van der Waals surface area contributed by atoms with Gasteiger partial charge in [0.05, 0.1) is 42.0 Å². The Morgan fingerprint density at radius 3 is 2.25 bits per heavy atom. The van der Waals surface area contributed by atoms with Crippen molar-refractivity contribution in [2.24, 2.45) is 23.7 Å². The molecule has 3 aliphatic heterocycles. The molecule has 3 fully saturated rings. The molecule has 0 aliphatic carbocycles. The first-order chi connectivity index (χ1) is 27.3. The first-order valence-electron chi connectivity index (χ1n) is 22.3. The highest BCUT2D eigenvalue weighted by molar-refractivity contribution is 5.73. The van der Waals surface area contributed by atoms with E-state index in [9.17, 15) is 30.3 Å². The van der Waals surface area contributed by atoms with Crippen molar-refractivity contribution >= 4 is 5.97 Å². The Kier molecular flexibility index (Phi) is 19.1. The van der Waals surface area contributed by atoms with Crippen molar-refractivity contribution in [2.45, 2.75) is 211 Å². The summed E-state index contributed by atoms with van der Waals surface area (Å²) in [7, 11) is 5.32. The third kappa shape index (κ3) is 12.6. The summed E-state index contributed by atoms with van der Waals surface area (Å²) >= 11 is 0. The summed E-state index contributed by atoms with van der Waals surface area (Å²) in [5, 5.41) is 66.4. The van der Waals surface area contributed by atoms with Crippen LogP contribution in [0.3, 0.4) is 0 Å². The van der Waals surface area contributed by atoms with Crippen molar-refractivity contribution in [3.8, 4) is 0 Å². The molecule has 15 heteroatoms. The van der Waals surface area contributed by atoms with Gasteiger partial charge in [0, 0.05) is 38.1 Å². The molecule has 0 bridgehead atoms. The molecule has 0 aromatic carbocycles. The summed E-state index contributed by atoms with van der Waals surface area (Å²) in [6.45, 7) is 23.4. The van der Waals surface area contributed by atoms with Crippen LogP contribution in [-0.2, 0) is 33.2 Å². The molecular formula is C44H85N3O12. The van der Waals surface area contributed by atoms with Gasteiger partial charge in [-0.05, 0) is 120 Å². The zero-order valence-electron chi connectivity index (χ0n) is 39.1. The Bertz CT molecular complexity index is 1290. The number of ether oxygens (including phenoxy) is 6. The molecule has 0 aromatic heterocycles. The van der Waals surface area contributed by atoms with E-state index < -0.39 is 95.5 Å². The van der Waals surface area contributed by atoms with Crippen LogP contribution in [0.5, 0.6) is 0 Å². The van der Waals surface area contributed by atoms with Gasteiger partial charge in [-0.25, -0.2) is 0 Å². The minimum absolute atomic E-state index is 0.0922. The second-order valence-corrected chi connectivity index (χ2v) is 19.8. The molecule has 3 heterocycles. The molecule has 3 saturated heterocycles. The van der Waals surface area contributed by atoms with Crippen LogP contribution in [0.4, 0.5) is 0 Å². The van der Waals surface area contributed by atoms with Crippen LogP contribution >= 0.6 is 0 Å². The van der Waals surface area contributed by atoms with E-state index in [1.54, 1.807) is 20.8 Å². The second kappa shape index (κ2) is 21.6. The number of cyclic esters (lactones) is 1. The minimum Gasteiger partial charge on any atom is -0.457 e. The standard InChI is InChI=1S/C44H85N3O12/c1-16-19-45-24-44(53)31(9)56-34(22-42(44,11)54-15)57-36-28(6)37(59-40-35(49)32(47(13)14)20-27(5)55-40)41(10,51)21-26(4)23-46-30(8)38(58-39(50)29(36)7)43(12,52)33(48)18-17-25(2)3/h25-38,40,45-46,48-49,51-53H,16-24H2,1-15H3/t26-,27-,28+,29-,30+,31+,32+,33-,34+,35-,36+,37-,38+,40+,41-,42-,43-,44+/m1/s1.